The number of rotatable bonds is 8. The highest BCUT2D eigenvalue weighted by atomic mass is 32.2. The molecule has 0 radical (unpaired) electrons. The standard InChI is InChI=1S/C23H31FN4O2S/c1-16-20(15-18-7-9-19(24)10-8-18)22(30)27(3)23(26-16)31-17(2)21(29)25-11-14-28-12-5-4-6-13-28/h7-10,17H,4-6,11-15H2,1-3H3,(H,25,29). The number of aromatic nitrogens is 2. The second-order valence-electron chi connectivity index (χ2n) is 8.08. The average Bonchev–Trinajstić information content (AvgIpc) is 2.76. The molecule has 168 valence electrons. The highest BCUT2D eigenvalue weighted by Crippen LogP contribution is 2.21. The number of carbonyl (C=O) groups is 1. The molecule has 1 fully saturated rings. The molecule has 3 rings (SSSR count). The van der Waals surface area contributed by atoms with E-state index in [4.69, 9.17) is 0 Å². The van der Waals surface area contributed by atoms with Crippen molar-refractivity contribution >= 4 is 17.7 Å². The summed E-state index contributed by atoms with van der Waals surface area (Å²) >= 11 is 1.29. The Bertz CT molecular complexity index is 955. The van der Waals surface area contributed by atoms with Crippen molar-refractivity contribution in [3.05, 3.63) is 57.3 Å². The first-order valence-corrected chi connectivity index (χ1v) is 11.7. The first-order chi connectivity index (χ1) is 14.8. The molecule has 1 amide bonds. The van der Waals surface area contributed by atoms with Crippen molar-refractivity contribution in [1.29, 1.82) is 0 Å². The molecule has 6 nitrogen and oxygen atoms in total. The van der Waals surface area contributed by atoms with Crippen LogP contribution in [-0.4, -0.2) is 51.8 Å². The van der Waals surface area contributed by atoms with Gasteiger partial charge in [0.15, 0.2) is 5.16 Å². The third kappa shape index (κ3) is 6.40. The number of thioether (sulfide) groups is 1. The molecule has 1 atom stereocenters. The van der Waals surface area contributed by atoms with Crippen LogP contribution in [0.2, 0.25) is 0 Å². The predicted molar refractivity (Wildman–Crippen MR) is 122 cm³/mol. The van der Waals surface area contributed by atoms with Gasteiger partial charge in [-0.2, -0.15) is 0 Å². The van der Waals surface area contributed by atoms with Crippen molar-refractivity contribution < 1.29 is 9.18 Å². The van der Waals surface area contributed by atoms with Gasteiger partial charge in [0.1, 0.15) is 5.82 Å². The van der Waals surface area contributed by atoms with Gasteiger partial charge >= 0.3 is 0 Å². The van der Waals surface area contributed by atoms with Gasteiger partial charge in [-0.05, 0) is 57.5 Å². The first kappa shape index (κ1) is 23.5. The molecule has 0 bridgehead atoms. The fraction of sp³-hybridized carbons (Fsp3) is 0.522. The summed E-state index contributed by atoms with van der Waals surface area (Å²) in [7, 11) is 1.67. The minimum Gasteiger partial charge on any atom is -0.354 e. The summed E-state index contributed by atoms with van der Waals surface area (Å²) in [5, 5.41) is 3.16. The Kier molecular flexibility index (Phi) is 8.26. The topological polar surface area (TPSA) is 67.2 Å². The van der Waals surface area contributed by atoms with E-state index in [1.165, 1.54) is 47.7 Å². The summed E-state index contributed by atoms with van der Waals surface area (Å²) in [6.45, 7) is 7.34. The van der Waals surface area contributed by atoms with Gasteiger partial charge in [-0.1, -0.05) is 30.3 Å². The fourth-order valence-electron chi connectivity index (χ4n) is 3.72. The molecule has 0 spiro atoms. The summed E-state index contributed by atoms with van der Waals surface area (Å²) in [4.78, 5) is 32.4. The third-order valence-electron chi connectivity index (χ3n) is 5.67. The fourth-order valence-corrected chi connectivity index (χ4v) is 4.66. The Morgan fingerprint density at radius 3 is 2.58 bits per heavy atom. The molecule has 2 heterocycles. The number of hydrogen-bond donors (Lipinski definition) is 1. The number of nitrogens with one attached hydrogen (secondary N) is 1. The van der Waals surface area contributed by atoms with Gasteiger partial charge in [0, 0.05) is 37.8 Å². The van der Waals surface area contributed by atoms with E-state index in [0.29, 0.717) is 29.4 Å². The van der Waals surface area contributed by atoms with E-state index < -0.39 is 0 Å². The number of hydrogen-bond acceptors (Lipinski definition) is 5. The van der Waals surface area contributed by atoms with E-state index in [1.807, 2.05) is 6.92 Å². The molecule has 1 aromatic carbocycles. The van der Waals surface area contributed by atoms with Gasteiger partial charge in [-0.3, -0.25) is 14.2 Å². The van der Waals surface area contributed by atoms with E-state index in [1.54, 1.807) is 26.1 Å². The summed E-state index contributed by atoms with van der Waals surface area (Å²) in [6.07, 6.45) is 4.15. The Hall–Kier alpha value is -2.19. The normalized spacial score (nSPS) is 15.6. The van der Waals surface area contributed by atoms with Gasteiger partial charge in [0.05, 0.1) is 5.25 Å². The van der Waals surface area contributed by atoms with Crippen LogP contribution in [-0.2, 0) is 18.3 Å². The maximum absolute atomic E-state index is 13.1. The Morgan fingerprint density at radius 1 is 1.23 bits per heavy atom. The molecule has 1 saturated heterocycles. The third-order valence-corrected chi connectivity index (χ3v) is 6.81. The molecule has 1 aliphatic rings. The largest absolute Gasteiger partial charge is 0.354 e. The van der Waals surface area contributed by atoms with Crippen molar-refractivity contribution in [3.63, 3.8) is 0 Å². The molecule has 8 heteroatoms. The monoisotopic (exact) mass is 446 g/mol. The number of piperidine rings is 1. The second kappa shape index (κ2) is 10.9. The van der Waals surface area contributed by atoms with Gasteiger partial charge in [0.2, 0.25) is 5.91 Å². The number of nitrogens with zero attached hydrogens (tertiary/aromatic N) is 3. The van der Waals surface area contributed by atoms with Crippen LogP contribution in [0.3, 0.4) is 0 Å². The highest BCUT2D eigenvalue weighted by Gasteiger charge is 2.20. The van der Waals surface area contributed by atoms with Crippen molar-refractivity contribution in [2.24, 2.45) is 7.05 Å². The lowest BCUT2D eigenvalue weighted by atomic mass is 10.1. The van der Waals surface area contributed by atoms with E-state index in [-0.39, 0.29) is 22.5 Å². The summed E-state index contributed by atoms with van der Waals surface area (Å²) in [6, 6.07) is 6.12. The zero-order valence-electron chi connectivity index (χ0n) is 18.5. The molecular formula is C23H31FN4O2S. The van der Waals surface area contributed by atoms with Gasteiger partial charge in [-0.15, -0.1) is 0 Å². The predicted octanol–water partition coefficient (Wildman–Crippen LogP) is 2.90. The zero-order chi connectivity index (χ0) is 22.4. The van der Waals surface area contributed by atoms with Gasteiger partial charge in [0.25, 0.3) is 5.56 Å². The van der Waals surface area contributed by atoms with Crippen LogP contribution in [0.25, 0.3) is 0 Å². The van der Waals surface area contributed by atoms with Crippen LogP contribution in [0.5, 0.6) is 0 Å². The van der Waals surface area contributed by atoms with E-state index in [0.717, 1.165) is 25.2 Å². The SMILES string of the molecule is Cc1nc(SC(C)C(=O)NCCN2CCCCC2)n(C)c(=O)c1Cc1ccc(F)cc1. The number of aryl methyl sites for hydroxylation is 1. The molecule has 2 aromatic rings. The number of halogens is 1. The first-order valence-electron chi connectivity index (χ1n) is 10.8. The lowest BCUT2D eigenvalue weighted by Crippen LogP contribution is -2.40. The van der Waals surface area contributed by atoms with Crippen LogP contribution < -0.4 is 10.9 Å². The van der Waals surface area contributed by atoms with Crippen molar-refractivity contribution in [1.82, 2.24) is 19.8 Å². The summed E-state index contributed by atoms with van der Waals surface area (Å²) in [5.41, 5.74) is 1.92. The number of carbonyl (C=O) groups excluding carboxylic acids is 1. The zero-order valence-corrected chi connectivity index (χ0v) is 19.3. The lowest BCUT2D eigenvalue weighted by Gasteiger charge is -2.26. The minimum absolute atomic E-state index is 0.0516. The number of amides is 1. The molecule has 1 N–H and O–H groups in total. The molecule has 0 aliphatic carbocycles. The number of benzene rings is 1. The van der Waals surface area contributed by atoms with E-state index in [9.17, 15) is 14.0 Å². The van der Waals surface area contributed by atoms with Crippen LogP contribution >= 0.6 is 11.8 Å². The Balaban J connectivity index is 1.60. The summed E-state index contributed by atoms with van der Waals surface area (Å²) < 4.78 is 14.6. The molecule has 1 aliphatic heterocycles. The van der Waals surface area contributed by atoms with Crippen molar-refractivity contribution in [3.8, 4) is 0 Å². The molecule has 0 saturated carbocycles. The maximum atomic E-state index is 13.1. The highest BCUT2D eigenvalue weighted by molar-refractivity contribution is 8.00. The maximum Gasteiger partial charge on any atom is 0.257 e. The van der Waals surface area contributed by atoms with Crippen LogP contribution in [0.4, 0.5) is 4.39 Å². The van der Waals surface area contributed by atoms with Crippen molar-refractivity contribution in [2.75, 3.05) is 26.2 Å². The Morgan fingerprint density at radius 2 is 1.90 bits per heavy atom. The number of likely N-dealkylation sites (tertiary alicyclic amines) is 1. The Labute approximate surface area is 187 Å². The van der Waals surface area contributed by atoms with Crippen LogP contribution in [0, 0.1) is 12.7 Å². The smallest absolute Gasteiger partial charge is 0.257 e. The lowest BCUT2D eigenvalue weighted by molar-refractivity contribution is -0.120. The average molecular weight is 447 g/mol. The molecule has 1 unspecified atom stereocenters. The van der Waals surface area contributed by atoms with E-state index >= 15 is 0 Å². The second-order valence-corrected chi connectivity index (χ2v) is 9.39. The molecule has 31 heavy (non-hydrogen) atoms. The van der Waals surface area contributed by atoms with Gasteiger partial charge < -0.3 is 10.2 Å². The summed E-state index contributed by atoms with van der Waals surface area (Å²) in [5.74, 6) is -0.356. The molecular weight excluding hydrogens is 415 g/mol. The quantitative estimate of drug-likeness (QED) is 0.499. The van der Waals surface area contributed by atoms with Crippen molar-refractivity contribution in [2.45, 2.75) is 49.9 Å². The molecule has 1 aromatic heterocycles. The van der Waals surface area contributed by atoms with Crippen LogP contribution in [0.15, 0.2) is 34.2 Å². The van der Waals surface area contributed by atoms with E-state index in [2.05, 4.69) is 15.2 Å². The van der Waals surface area contributed by atoms with Crippen LogP contribution in [0.1, 0.15) is 43.0 Å². The van der Waals surface area contributed by atoms with Gasteiger partial charge in [-0.25, -0.2) is 9.37 Å². The minimum atomic E-state index is -0.359.